The van der Waals surface area contributed by atoms with Crippen molar-refractivity contribution in [2.75, 3.05) is 6.54 Å². The molecule has 2 unspecified atom stereocenters. The normalized spacial score (nSPS) is 19.1. The molecule has 0 N–H and O–H groups in total. The van der Waals surface area contributed by atoms with Crippen molar-refractivity contribution in [1.82, 2.24) is 24.6 Å². The number of esters is 1. The van der Waals surface area contributed by atoms with Crippen LogP contribution in [-0.4, -0.2) is 55.2 Å². The van der Waals surface area contributed by atoms with E-state index in [1.807, 2.05) is 6.07 Å². The number of aromatic nitrogens is 4. The van der Waals surface area contributed by atoms with E-state index in [9.17, 15) is 9.59 Å². The van der Waals surface area contributed by atoms with Crippen LogP contribution in [0.5, 0.6) is 0 Å². The number of ether oxygens (including phenoxy) is 1. The molecule has 1 saturated heterocycles. The van der Waals surface area contributed by atoms with Crippen molar-refractivity contribution in [2.24, 2.45) is 0 Å². The molecule has 3 aromatic rings. The molecular weight excluding hydrogens is 382 g/mol. The summed E-state index contributed by atoms with van der Waals surface area (Å²) in [4.78, 5) is 34.3. The number of carbonyl (C=O) groups is 2. The van der Waals surface area contributed by atoms with E-state index in [1.54, 1.807) is 46.2 Å². The first kappa shape index (κ1) is 18.4. The fraction of sp³-hybridized carbons (Fsp3) is 0.316. The molecular formula is C19H18ClN5O3. The Kier molecular flexibility index (Phi) is 4.95. The maximum Gasteiger partial charge on any atom is 0.338 e. The molecule has 0 saturated carbocycles. The summed E-state index contributed by atoms with van der Waals surface area (Å²) in [5.41, 5.74) is 1.10. The van der Waals surface area contributed by atoms with Gasteiger partial charge in [-0.05, 0) is 23.7 Å². The van der Waals surface area contributed by atoms with Crippen LogP contribution in [-0.2, 0) is 16.1 Å². The minimum Gasteiger partial charge on any atom is -0.457 e. The van der Waals surface area contributed by atoms with Crippen LogP contribution in [0.1, 0.15) is 23.7 Å². The van der Waals surface area contributed by atoms with Gasteiger partial charge in [-0.15, -0.1) is 0 Å². The van der Waals surface area contributed by atoms with Crippen LogP contribution < -0.4 is 0 Å². The topological polar surface area (TPSA) is 90.2 Å². The number of likely N-dealkylation sites (tertiary alicyclic amines) is 1. The zero-order chi connectivity index (χ0) is 19.7. The third kappa shape index (κ3) is 3.68. The minimum absolute atomic E-state index is 0.0765. The fourth-order valence-electron chi connectivity index (χ4n) is 3.49. The molecule has 2 aromatic heterocycles. The number of carbonyl (C=O) groups excluding carboxylic acids is 2. The average molecular weight is 400 g/mol. The van der Waals surface area contributed by atoms with Crippen LogP contribution in [0.15, 0.2) is 42.7 Å². The summed E-state index contributed by atoms with van der Waals surface area (Å²) in [5, 5.41) is 5.24. The lowest BCUT2D eigenvalue weighted by Gasteiger charge is -2.22. The predicted octanol–water partition coefficient (Wildman–Crippen LogP) is 2.33. The Bertz CT molecular complexity index is 1020. The van der Waals surface area contributed by atoms with Crippen LogP contribution in [0.3, 0.4) is 0 Å². The molecule has 4 rings (SSSR count). The molecule has 0 bridgehead atoms. The standard InChI is InChI=1S/C19H18ClN5O3/c1-12(26)24-11-16(28-18(27)13-5-3-2-4-6-13)7-15(24)10-25-17-14(9-22-25)8-21-19(20)23-17/h2-6,8-9,15-16H,7,10-11H2,1H3. The Morgan fingerprint density at radius 2 is 2.04 bits per heavy atom. The smallest absolute Gasteiger partial charge is 0.338 e. The summed E-state index contributed by atoms with van der Waals surface area (Å²) in [7, 11) is 0. The number of hydrogen-bond donors (Lipinski definition) is 0. The van der Waals surface area contributed by atoms with Crippen LogP contribution in [0.4, 0.5) is 0 Å². The Hall–Kier alpha value is -3.00. The monoisotopic (exact) mass is 399 g/mol. The van der Waals surface area contributed by atoms with Crippen LogP contribution in [0.25, 0.3) is 11.0 Å². The molecule has 0 aliphatic carbocycles. The third-order valence-electron chi connectivity index (χ3n) is 4.79. The fourth-order valence-corrected chi connectivity index (χ4v) is 3.62. The van der Waals surface area contributed by atoms with Gasteiger partial charge >= 0.3 is 5.97 Å². The second-order valence-corrected chi connectivity index (χ2v) is 7.04. The number of amides is 1. The number of nitrogens with zero attached hydrogens (tertiary/aromatic N) is 5. The van der Waals surface area contributed by atoms with Gasteiger partial charge in [0.1, 0.15) is 6.10 Å². The zero-order valence-electron chi connectivity index (χ0n) is 15.2. The van der Waals surface area contributed by atoms with Crippen LogP contribution in [0.2, 0.25) is 5.28 Å². The number of hydrogen-bond acceptors (Lipinski definition) is 6. The van der Waals surface area contributed by atoms with Crippen molar-refractivity contribution in [2.45, 2.75) is 32.0 Å². The SMILES string of the molecule is CC(=O)N1CC(OC(=O)c2ccccc2)CC1Cn1ncc2cnc(Cl)nc21. The lowest BCUT2D eigenvalue weighted by molar-refractivity contribution is -0.130. The lowest BCUT2D eigenvalue weighted by atomic mass is 10.2. The Morgan fingerprint density at radius 3 is 2.79 bits per heavy atom. The van der Waals surface area contributed by atoms with E-state index < -0.39 is 0 Å². The quantitative estimate of drug-likeness (QED) is 0.494. The highest BCUT2D eigenvalue weighted by Crippen LogP contribution is 2.24. The van der Waals surface area contributed by atoms with Gasteiger partial charge in [0.05, 0.1) is 36.3 Å². The summed E-state index contributed by atoms with van der Waals surface area (Å²) < 4.78 is 7.32. The van der Waals surface area contributed by atoms with Gasteiger partial charge in [0, 0.05) is 19.5 Å². The summed E-state index contributed by atoms with van der Waals surface area (Å²) in [5.74, 6) is -0.466. The van der Waals surface area contributed by atoms with Gasteiger partial charge in [-0.3, -0.25) is 4.79 Å². The molecule has 1 aromatic carbocycles. The van der Waals surface area contributed by atoms with E-state index in [4.69, 9.17) is 16.3 Å². The first-order chi connectivity index (χ1) is 13.5. The highest BCUT2D eigenvalue weighted by Gasteiger charge is 2.36. The highest BCUT2D eigenvalue weighted by atomic mass is 35.5. The molecule has 1 fully saturated rings. The molecule has 2 atom stereocenters. The molecule has 3 heterocycles. The number of rotatable bonds is 4. The number of benzene rings is 1. The molecule has 8 nitrogen and oxygen atoms in total. The second kappa shape index (κ2) is 7.55. The summed E-state index contributed by atoms with van der Waals surface area (Å²) >= 11 is 5.90. The molecule has 1 aliphatic heterocycles. The molecule has 1 amide bonds. The molecule has 1 aliphatic rings. The van der Waals surface area contributed by atoms with E-state index >= 15 is 0 Å². The highest BCUT2D eigenvalue weighted by molar-refractivity contribution is 6.28. The predicted molar refractivity (Wildman–Crippen MR) is 102 cm³/mol. The van der Waals surface area contributed by atoms with Crippen molar-refractivity contribution in [3.63, 3.8) is 0 Å². The largest absolute Gasteiger partial charge is 0.457 e. The number of halogens is 1. The summed E-state index contributed by atoms with van der Waals surface area (Å²) in [6.45, 7) is 2.29. The maximum absolute atomic E-state index is 12.3. The first-order valence-corrected chi connectivity index (χ1v) is 9.26. The van der Waals surface area contributed by atoms with Gasteiger partial charge < -0.3 is 9.64 Å². The van der Waals surface area contributed by atoms with Crippen molar-refractivity contribution in [3.05, 3.63) is 53.6 Å². The summed E-state index contributed by atoms with van der Waals surface area (Å²) in [6, 6.07) is 8.65. The van der Waals surface area contributed by atoms with Gasteiger partial charge in [-0.25, -0.2) is 14.5 Å². The Balaban J connectivity index is 1.50. The maximum atomic E-state index is 12.3. The van der Waals surface area contributed by atoms with E-state index in [1.165, 1.54) is 6.92 Å². The molecule has 0 spiro atoms. The van der Waals surface area contributed by atoms with E-state index in [0.717, 1.165) is 5.39 Å². The molecule has 0 radical (unpaired) electrons. The van der Waals surface area contributed by atoms with Crippen molar-refractivity contribution < 1.29 is 14.3 Å². The lowest BCUT2D eigenvalue weighted by Crippen LogP contribution is -2.37. The van der Waals surface area contributed by atoms with E-state index in [0.29, 0.717) is 30.7 Å². The van der Waals surface area contributed by atoms with Crippen LogP contribution >= 0.6 is 11.6 Å². The Labute approximate surface area is 166 Å². The molecule has 28 heavy (non-hydrogen) atoms. The minimum atomic E-state index is -0.390. The van der Waals surface area contributed by atoms with Crippen molar-refractivity contribution in [1.29, 1.82) is 0 Å². The van der Waals surface area contributed by atoms with Gasteiger partial charge in [0.15, 0.2) is 5.65 Å². The van der Waals surface area contributed by atoms with Gasteiger partial charge in [0.2, 0.25) is 11.2 Å². The Morgan fingerprint density at radius 1 is 1.25 bits per heavy atom. The third-order valence-corrected chi connectivity index (χ3v) is 4.98. The molecule has 9 heteroatoms. The van der Waals surface area contributed by atoms with Gasteiger partial charge in [-0.1, -0.05) is 18.2 Å². The van der Waals surface area contributed by atoms with Crippen molar-refractivity contribution >= 4 is 34.5 Å². The zero-order valence-corrected chi connectivity index (χ0v) is 15.9. The summed E-state index contributed by atoms with van der Waals surface area (Å²) in [6.07, 6.45) is 3.42. The van der Waals surface area contributed by atoms with Gasteiger partial charge in [-0.2, -0.15) is 10.1 Å². The second-order valence-electron chi connectivity index (χ2n) is 6.70. The van der Waals surface area contributed by atoms with Gasteiger partial charge in [0.25, 0.3) is 0 Å². The molecule has 144 valence electrons. The van der Waals surface area contributed by atoms with Crippen molar-refractivity contribution in [3.8, 4) is 0 Å². The number of fused-ring (bicyclic) bond motifs is 1. The first-order valence-electron chi connectivity index (χ1n) is 8.88. The van der Waals surface area contributed by atoms with E-state index in [-0.39, 0.29) is 29.3 Å². The average Bonchev–Trinajstić information content (AvgIpc) is 3.27. The van der Waals surface area contributed by atoms with E-state index in [2.05, 4.69) is 15.1 Å². The van der Waals surface area contributed by atoms with Crippen LogP contribution in [0, 0.1) is 0 Å².